The Morgan fingerprint density at radius 1 is 1.20 bits per heavy atom. The predicted molar refractivity (Wildman–Crippen MR) is 42.0 cm³/mol. The van der Waals surface area contributed by atoms with E-state index in [4.69, 9.17) is 0 Å². The van der Waals surface area contributed by atoms with E-state index in [1.54, 1.807) is 0 Å². The van der Waals surface area contributed by atoms with Crippen LogP contribution in [0.2, 0.25) is 0 Å². The lowest BCUT2D eigenvalue weighted by molar-refractivity contribution is 0.282. The summed E-state index contributed by atoms with van der Waals surface area (Å²) in [5.41, 5.74) is 0. The van der Waals surface area contributed by atoms with Crippen molar-refractivity contribution in [1.82, 2.24) is 9.80 Å². The Hall–Kier alpha value is -0.0800. The fraction of sp³-hybridized carbons (Fsp3) is 1.00. The quantitative estimate of drug-likeness (QED) is 0.476. The van der Waals surface area contributed by atoms with Crippen molar-refractivity contribution in [2.45, 2.75) is 12.5 Å². The van der Waals surface area contributed by atoms with E-state index in [1.807, 2.05) is 0 Å². The lowest BCUT2D eigenvalue weighted by Crippen LogP contribution is -2.30. The summed E-state index contributed by atoms with van der Waals surface area (Å²) in [5.74, 6) is 0.981. The largest absolute Gasteiger partial charge is 0.304 e. The molecule has 0 spiro atoms. The third-order valence-electron chi connectivity index (χ3n) is 3.01. The molecule has 2 aliphatic rings. The van der Waals surface area contributed by atoms with Crippen LogP contribution in [0.15, 0.2) is 0 Å². The molecule has 0 aromatic carbocycles. The lowest BCUT2D eigenvalue weighted by Gasteiger charge is -2.17. The van der Waals surface area contributed by atoms with Crippen LogP contribution in [-0.4, -0.2) is 49.6 Å². The van der Waals surface area contributed by atoms with Crippen molar-refractivity contribution in [2.75, 3.05) is 33.7 Å². The summed E-state index contributed by atoms with van der Waals surface area (Å²) in [5, 5.41) is 0. The third-order valence-corrected chi connectivity index (χ3v) is 3.01. The summed E-state index contributed by atoms with van der Waals surface area (Å²) in [4.78, 5) is 4.96. The number of rotatable bonds is 0. The van der Waals surface area contributed by atoms with Gasteiger partial charge in [0.2, 0.25) is 0 Å². The first-order chi connectivity index (χ1) is 4.77. The van der Waals surface area contributed by atoms with Gasteiger partial charge in [-0.3, -0.25) is 0 Å². The smallest absolute Gasteiger partial charge is 0.0260 e. The molecule has 0 unspecified atom stereocenters. The van der Waals surface area contributed by atoms with Gasteiger partial charge < -0.3 is 9.80 Å². The van der Waals surface area contributed by atoms with Gasteiger partial charge >= 0.3 is 0 Å². The monoisotopic (exact) mass is 140 g/mol. The van der Waals surface area contributed by atoms with Crippen molar-refractivity contribution in [3.63, 3.8) is 0 Å². The Bertz CT molecular complexity index is 135. The maximum atomic E-state index is 2.51. The molecule has 2 saturated heterocycles. The van der Waals surface area contributed by atoms with Crippen LogP contribution in [0.3, 0.4) is 0 Å². The molecule has 0 saturated carbocycles. The summed E-state index contributed by atoms with van der Waals surface area (Å²) in [6.45, 7) is 3.94. The van der Waals surface area contributed by atoms with Crippen LogP contribution in [0, 0.1) is 5.92 Å². The third kappa shape index (κ3) is 0.867. The van der Waals surface area contributed by atoms with Gasteiger partial charge in [-0.1, -0.05) is 0 Å². The highest BCUT2D eigenvalue weighted by Crippen LogP contribution is 2.28. The predicted octanol–water partition coefficient (Wildman–Crippen LogP) is 0.252. The Morgan fingerprint density at radius 2 is 2.00 bits per heavy atom. The van der Waals surface area contributed by atoms with Crippen LogP contribution in [0.5, 0.6) is 0 Å². The van der Waals surface area contributed by atoms with Crippen molar-refractivity contribution in [1.29, 1.82) is 0 Å². The van der Waals surface area contributed by atoms with Crippen LogP contribution in [0.4, 0.5) is 0 Å². The average Bonchev–Trinajstić information content (AvgIpc) is 2.35. The fourth-order valence-corrected chi connectivity index (χ4v) is 2.38. The van der Waals surface area contributed by atoms with Crippen molar-refractivity contribution in [3.05, 3.63) is 0 Å². The molecule has 0 N–H and O–H groups in total. The molecule has 2 aliphatic heterocycles. The molecule has 2 heterocycles. The van der Waals surface area contributed by atoms with Crippen LogP contribution < -0.4 is 0 Å². The molecule has 0 aromatic heterocycles. The molecule has 0 amide bonds. The van der Waals surface area contributed by atoms with Crippen molar-refractivity contribution in [3.8, 4) is 0 Å². The molecule has 2 heteroatoms. The minimum absolute atomic E-state index is 0.880. The van der Waals surface area contributed by atoms with Gasteiger partial charge in [-0.15, -0.1) is 0 Å². The molecule has 0 aliphatic carbocycles. The number of hydrogen-bond donors (Lipinski definition) is 0. The molecule has 2 fully saturated rings. The summed E-state index contributed by atoms with van der Waals surface area (Å²) in [7, 11) is 4.48. The minimum atomic E-state index is 0.880. The topological polar surface area (TPSA) is 6.48 Å². The Kier molecular flexibility index (Phi) is 1.46. The molecule has 0 radical (unpaired) electrons. The number of likely N-dealkylation sites (N-methyl/N-ethyl adjacent to an activating group) is 2. The second-order valence-corrected chi connectivity index (χ2v) is 3.82. The molecule has 0 bridgehead atoms. The molecular formula is C8H16N2. The van der Waals surface area contributed by atoms with E-state index >= 15 is 0 Å². The number of fused-ring (bicyclic) bond motifs is 1. The number of nitrogens with zero attached hydrogens (tertiary/aromatic N) is 2. The van der Waals surface area contributed by atoms with Crippen LogP contribution >= 0.6 is 0 Å². The highest BCUT2D eigenvalue weighted by atomic mass is 15.3. The first kappa shape index (κ1) is 6.62. The van der Waals surface area contributed by atoms with Gasteiger partial charge in [0.05, 0.1) is 0 Å². The van der Waals surface area contributed by atoms with Crippen molar-refractivity contribution < 1.29 is 0 Å². The Morgan fingerprint density at radius 3 is 2.70 bits per heavy atom. The molecule has 0 aromatic rings. The summed E-state index contributed by atoms with van der Waals surface area (Å²) in [6.07, 6.45) is 1.42. The standard InChI is InChI=1S/C8H16N2/c1-9-5-7-3-4-10(2)8(7)6-9/h7-8H,3-6H2,1-2H3/t7-,8+/m0/s1. The van der Waals surface area contributed by atoms with Gasteiger partial charge in [-0.05, 0) is 33.0 Å². The summed E-state index contributed by atoms with van der Waals surface area (Å²) >= 11 is 0. The highest BCUT2D eigenvalue weighted by Gasteiger charge is 2.37. The molecule has 2 nitrogen and oxygen atoms in total. The van der Waals surface area contributed by atoms with E-state index in [0.29, 0.717) is 0 Å². The fourth-order valence-electron chi connectivity index (χ4n) is 2.38. The van der Waals surface area contributed by atoms with E-state index in [1.165, 1.54) is 26.1 Å². The van der Waals surface area contributed by atoms with Crippen molar-refractivity contribution in [2.24, 2.45) is 5.92 Å². The summed E-state index contributed by atoms with van der Waals surface area (Å²) in [6, 6.07) is 0.880. The molecule has 10 heavy (non-hydrogen) atoms. The SMILES string of the molecule is CN1C[C@@H]2CCN(C)[C@@H]2C1. The van der Waals surface area contributed by atoms with E-state index < -0.39 is 0 Å². The Labute approximate surface area is 62.8 Å². The van der Waals surface area contributed by atoms with Gasteiger partial charge in [0, 0.05) is 19.1 Å². The van der Waals surface area contributed by atoms with E-state index in [0.717, 1.165) is 12.0 Å². The van der Waals surface area contributed by atoms with Gasteiger partial charge in [-0.2, -0.15) is 0 Å². The van der Waals surface area contributed by atoms with Crippen LogP contribution in [0.1, 0.15) is 6.42 Å². The van der Waals surface area contributed by atoms with Gasteiger partial charge in [-0.25, -0.2) is 0 Å². The van der Waals surface area contributed by atoms with Crippen molar-refractivity contribution >= 4 is 0 Å². The van der Waals surface area contributed by atoms with Gasteiger partial charge in [0.1, 0.15) is 0 Å². The van der Waals surface area contributed by atoms with Gasteiger partial charge in [0.25, 0.3) is 0 Å². The minimum Gasteiger partial charge on any atom is -0.304 e. The van der Waals surface area contributed by atoms with E-state index in [9.17, 15) is 0 Å². The van der Waals surface area contributed by atoms with Crippen LogP contribution in [-0.2, 0) is 0 Å². The average molecular weight is 140 g/mol. The number of hydrogen-bond acceptors (Lipinski definition) is 2. The second kappa shape index (κ2) is 2.21. The molecular weight excluding hydrogens is 124 g/mol. The second-order valence-electron chi connectivity index (χ2n) is 3.82. The van der Waals surface area contributed by atoms with Gasteiger partial charge in [0.15, 0.2) is 0 Å². The first-order valence-corrected chi connectivity index (χ1v) is 4.16. The van der Waals surface area contributed by atoms with E-state index in [2.05, 4.69) is 23.9 Å². The zero-order chi connectivity index (χ0) is 7.14. The highest BCUT2D eigenvalue weighted by molar-refractivity contribution is 4.93. The number of likely N-dealkylation sites (tertiary alicyclic amines) is 2. The lowest BCUT2D eigenvalue weighted by atomic mass is 10.1. The molecule has 58 valence electrons. The normalized spacial score (nSPS) is 42.6. The zero-order valence-electron chi connectivity index (χ0n) is 6.88. The first-order valence-electron chi connectivity index (χ1n) is 4.16. The zero-order valence-corrected chi connectivity index (χ0v) is 6.88. The maximum absolute atomic E-state index is 2.51. The maximum Gasteiger partial charge on any atom is 0.0260 e. The Balaban J connectivity index is 2.05. The van der Waals surface area contributed by atoms with E-state index in [-0.39, 0.29) is 0 Å². The molecule has 2 rings (SSSR count). The summed E-state index contributed by atoms with van der Waals surface area (Å²) < 4.78 is 0. The van der Waals surface area contributed by atoms with Crippen LogP contribution in [0.25, 0.3) is 0 Å². The molecule has 2 atom stereocenters.